The molecule has 1 aliphatic rings. The molecule has 4 rings (SSSR count). The summed E-state index contributed by atoms with van der Waals surface area (Å²) >= 11 is 0. The highest BCUT2D eigenvalue weighted by Gasteiger charge is 2.24. The molecule has 0 unspecified atom stereocenters. The molecule has 2 aromatic heterocycles. The third-order valence-corrected chi connectivity index (χ3v) is 4.72. The molecule has 3 heterocycles. The van der Waals surface area contributed by atoms with Gasteiger partial charge in [0, 0.05) is 31.6 Å². The molecule has 1 fully saturated rings. The third kappa shape index (κ3) is 2.98. The van der Waals surface area contributed by atoms with E-state index in [4.69, 9.17) is 5.10 Å². The first kappa shape index (κ1) is 16.8. The number of aromatic nitrogens is 4. The maximum Gasteiger partial charge on any atom is 0.178 e. The summed E-state index contributed by atoms with van der Waals surface area (Å²) in [7, 11) is 0. The molecule has 0 spiro atoms. The summed E-state index contributed by atoms with van der Waals surface area (Å²) < 4.78 is 15.8. The van der Waals surface area contributed by atoms with Crippen LogP contribution in [0.1, 0.15) is 26.6 Å². The van der Waals surface area contributed by atoms with Gasteiger partial charge in [0.2, 0.25) is 0 Å². The van der Waals surface area contributed by atoms with Crippen LogP contribution in [0.2, 0.25) is 0 Å². The van der Waals surface area contributed by atoms with Crippen molar-refractivity contribution in [2.75, 3.05) is 36.0 Å². The van der Waals surface area contributed by atoms with Gasteiger partial charge in [0.1, 0.15) is 11.6 Å². The average molecular weight is 354 g/mol. The molecule has 6 nitrogen and oxygen atoms in total. The Bertz CT molecular complexity index is 921. The van der Waals surface area contributed by atoms with Gasteiger partial charge in [-0.15, -0.1) is 15.3 Å². The molecule has 3 aromatic rings. The molecule has 0 aliphatic carbocycles. The van der Waals surface area contributed by atoms with Crippen LogP contribution in [0.4, 0.5) is 15.9 Å². The van der Waals surface area contributed by atoms with Crippen molar-refractivity contribution < 1.29 is 4.39 Å². The van der Waals surface area contributed by atoms with Crippen LogP contribution in [0.5, 0.6) is 0 Å². The molecular weight excluding hydrogens is 331 g/mol. The molecule has 1 aliphatic heterocycles. The van der Waals surface area contributed by atoms with Gasteiger partial charge in [-0.05, 0) is 24.3 Å². The number of piperazine rings is 1. The van der Waals surface area contributed by atoms with E-state index in [1.165, 1.54) is 6.07 Å². The van der Waals surface area contributed by atoms with E-state index in [0.717, 1.165) is 43.5 Å². The number of rotatable bonds is 2. The van der Waals surface area contributed by atoms with Gasteiger partial charge in [0.05, 0.1) is 5.69 Å². The Labute approximate surface area is 152 Å². The van der Waals surface area contributed by atoms with Crippen molar-refractivity contribution >= 4 is 17.2 Å². The van der Waals surface area contributed by atoms with Gasteiger partial charge in [-0.1, -0.05) is 32.9 Å². The van der Waals surface area contributed by atoms with E-state index < -0.39 is 0 Å². The van der Waals surface area contributed by atoms with E-state index >= 15 is 0 Å². The first-order valence-corrected chi connectivity index (χ1v) is 8.91. The Morgan fingerprint density at radius 2 is 1.58 bits per heavy atom. The minimum Gasteiger partial charge on any atom is -0.366 e. The Morgan fingerprint density at radius 3 is 2.27 bits per heavy atom. The van der Waals surface area contributed by atoms with Crippen molar-refractivity contribution in [1.82, 2.24) is 19.8 Å². The van der Waals surface area contributed by atoms with Gasteiger partial charge < -0.3 is 9.80 Å². The fourth-order valence-electron chi connectivity index (χ4n) is 3.30. The van der Waals surface area contributed by atoms with Crippen LogP contribution in [-0.4, -0.2) is 46.0 Å². The Kier molecular flexibility index (Phi) is 4.01. The minimum absolute atomic E-state index is 0.130. The molecule has 1 saturated heterocycles. The lowest BCUT2D eigenvalue weighted by atomic mass is 9.96. The number of benzene rings is 1. The Morgan fingerprint density at radius 1 is 0.885 bits per heavy atom. The zero-order chi connectivity index (χ0) is 18.3. The first-order valence-electron chi connectivity index (χ1n) is 8.91. The van der Waals surface area contributed by atoms with Gasteiger partial charge in [0.15, 0.2) is 11.5 Å². The van der Waals surface area contributed by atoms with E-state index in [9.17, 15) is 4.39 Å². The first-order chi connectivity index (χ1) is 12.4. The quantitative estimate of drug-likeness (QED) is 0.708. The minimum atomic E-state index is -0.167. The number of fused-ring (bicyclic) bond motifs is 1. The van der Waals surface area contributed by atoms with E-state index in [0.29, 0.717) is 5.69 Å². The summed E-state index contributed by atoms with van der Waals surface area (Å²) in [6, 6.07) is 10.9. The second-order valence-electron chi connectivity index (χ2n) is 7.66. The molecule has 7 heteroatoms. The van der Waals surface area contributed by atoms with Crippen molar-refractivity contribution in [3.8, 4) is 0 Å². The Balaban J connectivity index is 1.55. The predicted octanol–water partition coefficient (Wildman–Crippen LogP) is 2.89. The highest BCUT2D eigenvalue weighted by atomic mass is 19.1. The number of hydrogen-bond acceptors (Lipinski definition) is 5. The van der Waals surface area contributed by atoms with Crippen LogP contribution in [0.25, 0.3) is 5.65 Å². The van der Waals surface area contributed by atoms with Crippen LogP contribution in [0.3, 0.4) is 0 Å². The highest BCUT2D eigenvalue weighted by molar-refractivity contribution is 5.51. The summed E-state index contributed by atoms with van der Waals surface area (Å²) in [5.41, 5.74) is 1.29. The van der Waals surface area contributed by atoms with Crippen LogP contribution in [0, 0.1) is 5.82 Å². The second-order valence-corrected chi connectivity index (χ2v) is 7.66. The van der Waals surface area contributed by atoms with Crippen molar-refractivity contribution in [3.63, 3.8) is 0 Å². The number of halogens is 1. The smallest absolute Gasteiger partial charge is 0.178 e. The lowest BCUT2D eigenvalue weighted by Crippen LogP contribution is -2.47. The molecule has 0 saturated carbocycles. The summed E-state index contributed by atoms with van der Waals surface area (Å²) in [5, 5.41) is 13.3. The SMILES string of the molecule is CC(C)(C)c1nnc2ccc(N3CCN(c4ccccc4F)CC3)nn12. The van der Waals surface area contributed by atoms with E-state index in [2.05, 4.69) is 40.8 Å². The van der Waals surface area contributed by atoms with Crippen LogP contribution in [-0.2, 0) is 5.41 Å². The summed E-state index contributed by atoms with van der Waals surface area (Å²) in [6.45, 7) is 9.41. The van der Waals surface area contributed by atoms with Crippen LogP contribution < -0.4 is 9.80 Å². The van der Waals surface area contributed by atoms with Gasteiger partial charge in [0.25, 0.3) is 0 Å². The summed E-state index contributed by atoms with van der Waals surface area (Å²) in [4.78, 5) is 4.31. The lowest BCUT2D eigenvalue weighted by Gasteiger charge is -2.36. The molecule has 0 atom stereocenters. The molecule has 1 aromatic carbocycles. The summed E-state index contributed by atoms with van der Waals surface area (Å²) in [5.74, 6) is 1.58. The van der Waals surface area contributed by atoms with E-state index in [-0.39, 0.29) is 11.2 Å². The van der Waals surface area contributed by atoms with Gasteiger partial charge >= 0.3 is 0 Å². The van der Waals surface area contributed by atoms with E-state index in [1.54, 1.807) is 6.07 Å². The monoisotopic (exact) mass is 354 g/mol. The van der Waals surface area contributed by atoms with Crippen LogP contribution in [0.15, 0.2) is 36.4 Å². The van der Waals surface area contributed by atoms with Crippen molar-refractivity contribution in [1.29, 1.82) is 0 Å². The van der Waals surface area contributed by atoms with Gasteiger partial charge in [-0.2, -0.15) is 4.52 Å². The van der Waals surface area contributed by atoms with Crippen LogP contribution >= 0.6 is 0 Å². The zero-order valence-electron chi connectivity index (χ0n) is 15.4. The molecule has 0 bridgehead atoms. The highest BCUT2D eigenvalue weighted by Crippen LogP contribution is 2.24. The molecule has 0 N–H and O–H groups in total. The van der Waals surface area contributed by atoms with Gasteiger partial charge in [-0.25, -0.2) is 4.39 Å². The van der Waals surface area contributed by atoms with Gasteiger partial charge in [-0.3, -0.25) is 0 Å². The largest absolute Gasteiger partial charge is 0.366 e. The Hall–Kier alpha value is -2.70. The number of hydrogen-bond donors (Lipinski definition) is 0. The average Bonchev–Trinajstić information content (AvgIpc) is 3.06. The molecule has 0 radical (unpaired) electrons. The number of nitrogens with zero attached hydrogens (tertiary/aromatic N) is 6. The molecule has 26 heavy (non-hydrogen) atoms. The standard InChI is InChI=1S/C19H23FN6/c1-19(2,3)18-22-21-16-8-9-17(23-26(16)18)25-12-10-24(11-13-25)15-7-5-4-6-14(15)20/h4-9H,10-13H2,1-3H3. The molecule has 136 valence electrons. The predicted molar refractivity (Wildman–Crippen MR) is 100 cm³/mol. The molecule has 0 amide bonds. The van der Waals surface area contributed by atoms with E-state index in [1.807, 2.05) is 28.8 Å². The maximum absolute atomic E-state index is 14.0. The summed E-state index contributed by atoms with van der Waals surface area (Å²) in [6.07, 6.45) is 0. The van der Waals surface area contributed by atoms with Crippen molar-refractivity contribution in [2.45, 2.75) is 26.2 Å². The fraction of sp³-hybridized carbons (Fsp3) is 0.421. The second kappa shape index (κ2) is 6.23. The normalized spacial score (nSPS) is 15.7. The van der Waals surface area contributed by atoms with Crippen molar-refractivity contribution in [2.24, 2.45) is 0 Å². The molecular formula is C19H23FN6. The number of anilines is 2. The lowest BCUT2D eigenvalue weighted by molar-refractivity contribution is 0.525. The topological polar surface area (TPSA) is 49.6 Å². The third-order valence-electron chi connectivity index (χ3n) is 4.72. The zero-order valence-corrected chi connectivity index (χ0v) is 15.4. The maximum atomic E-state index is 14.0. The van der Waals surface area contributed by atoms with Crippen molar-refractivity contribution in [3.05, 3.63) is 48.0 Å². The number of para-hydroxylation sites is 1. The fourth-order valence-corrected chi connectivity index (χ4v) is 3.30.